The molecule has 0 radical (unpaired) electrons. The number of ether oxygens (including phenoxy) is 1. The van der Waals surface area contributed by atoms with Crippen LogP contribution >= 0.6 is 10.2 Å². The number of benzene rings is 2. The molecule has 1 fully saturated rings. The smallest absolute Gasteiger partial charge is 0.416 e. The summed E-state index contributed by atoms with van der Waals surface area (Å²) in [4.78, 5) is 11.1. The van der Waals surface area contributed by atoms with Gasteiger partial charge in [-0.1, -0.05) is 38.3 Å². The van der Waals surface area contributed by atoms with Gasteiger partial charge in [0.15, 0.2) is 0 Å². The van der Waals surface area contributed by atoms with E-state index in [1.165, 1.54) is 31.4 Å². The van der Waals surface area contributed by atoms with E-state index in [1.807, 2.05) is 0 Å². The minimum atomic E-state index is -4.47. The molecule has 1 aliphatic rings. The Morgan fingerprint density at radius 3 is 2.29 bits per heavy atom. The number of aromatic carboxylic acids is 1. The van der Waals surface area contributed by atoms with Crippen molar-refractivity contribution in [1.82, 2.24) is 0 Å². The van der Waals surface area contributed by atoms with Gasteiger partial charge in [-0.2, -0.15) is 23.4 Å². The molecule has 0 atom stereocenters. The number of hydrogen-bond donors (Lipinski definition) is 1. The van der Waals surface area contributed by atoms with Gasteiger partial charge in [0.1, 0.15) is 12.4 Å². The quantitative estimate of drug-likeness (QED) is 0.243. The van der Waals surface area contributed by atoms with Crippen LogP contribution in [-0.2, 0) is 12.8 Å². The van der Waals surface area contributed by atoms with E-state index < -0.39 is 27.9 Å². The summed E-state index contributed by atoms with van der Waals surface area (Å²) in [5.41, 5.74) is 0.821. The van der Waals surface area contributed by atoms with E-state index in [-0.39, 0.29) is 24.0 Å². The van der Waals surface area contributed by atoms with Gasteiger partial charge in [-0.05, 0) is 61.9 Å². The third-order valence-corrected chi connectivity index (χ3v) is 9.91. The summed E-state index contributed by atoms with van der Waals surface area (Å²) in [6, 6.07) is 10.1. The van der Waals surface area contributed by atoms with Gasteiger partial charge in [0.2, 0.25) is 0 Å². The summed E-state index contributed by atoms with van der Waals surface area (Å²) < 4.78 is 48.8. The highest BCUT2D eigenvalue weighted by atomic mass is 32.3. The maximum atomic E-state index is 13.5. The van der Waals surface area contributed by atoms with Crippen molar-refractivity contribution >= 4 is 21.9 Å². The number of nitrogens with zero attached hydrogens (tertiary/aromatic N) is 1. The predicted octanol–water partition coefficient (Wildman–Crippen LogP) is 7.51. The van der Waals surface area contributed by atoms with Crippen molar-refractivity contribution in [2.75, 3.05) is 21.6 Å². The lowest BCUT2D eigenvalue weighted by Crippen LogP contribution is -2.31. The van der Waals surface area contributed by atoms with Crippen molar-refractivity contribution in [3.63, 3.8) is 0 Å². The van der Waals surface area contributed by atoms with Gasteiger partial charge in [0.25, 0.3) is 0 Å². The second-order valence-corrected chi connectivity index (χ2v) is 12.7. The molecule has 0 aliphatic carbocycles. The third kappa shape index (κ3) is 6.40. The number of carboxylic acids is 1. The fraction of sp³-hybridized carbons (Fsp3) is 0.500. The van der Waals surface area contributed by atoms with Crippen molar-refractivity contribution in [2.45, 2.75) is 65.3 Å². The largest absolute Gasteiger partial charge is 0.487 e. The highest BCUT2D eigenvalue weighted by molar-refractivity contribution is 8.40. The molecule has 34 heavy (non-hydrogen) atoms. The molecule has 0 aromatic heterocycles. The highest BCUT2D eigenvalue weighted by Crippen LogP contribution is 2.67. The summed E-state index contributed by atoms with van der Waals surface area (Å²) in [6.07, 6.45) is 0.221. The Labute approximate surface area is 201 Å². The zero-order valence-electron chi connectivity index (χ0n) is 20.0. The Morgan fingerprint density at radius 2 is 1.76 bits per heavy atom. The van der Waals surface area contributed by atoms with Crippen LogP contribution in [-0.4, -0.2) is 34.4 Å². The fourth-order valence-corrected chi connectivity index (χ4v) is 8.19. The molecule has 0 amide bonds. The number of rotatable bonds is 12. The van der Waals surface area contributed by atoms with Crippen LogP contribution in [0.25, 0.3) is 0 Å². The van der Waals surface area contributed by atoms with Crippen molar-refractivity contribution < 1.29 is 27.8 Å². The molecule has 1 N–H and O–H groups in total. The molecule has 4 nitrogen and oxygen atoms in total. The second kappa shape index (κ2) is 10.9. The minimum Gasteiger partial charge on any atom is -0.487 e. The van der Waals surface area contributed by atoms with Crippen LogP contribution < -0.4 is 9.04 Å². The first kappa shape index (κ1) is 26.3. The number of anilines is 1. The summed E-state index contributed by atoms with van der Waals surface area (Å²) in [5.74, 6) is 2.50. The first-order valence-electron chi connectivity index (χ1n) is 11.8. The molecule has 1 saturated heterocycles. The zero-order chi connectivity index (χ0) is 24.9. The average Bonchev–Trinajstić information content (AvgIpc) is 3.55. The predicted molar refractivity (Wildman–Crippen MR) is 133 cm³/mol. The lowest BCUT2D eigenvalue weighted by Gasteiger charge is -2.42. The molecular formula is C26H34F3NO3S. The highest BCUT2D eigenvalue weighted by Gasteiger charge is 2.44. The van der Waals surface area contributed by atoms with E-state index in [2.05, 4.69) is 25.1 Å². The first-order chi connectivity index (χ1) is 16.1. The van der Waals surface area contributed by atoms with E-state index in [9.17, 15) is 18.0 Å². The molecule has 2 aromatic carbocycles. The van der Waals surface area contributed by atoms with Crippen molar-refractivity contribution in [3.8, 4) is 5.75 Å². The number of alkyl halides is 3. The molecular weight excluding hydrogens is 463 g/mol. The van der Waals surface area contributed by atoms with Crippen LogP contribution in [0.1, 0.15) is 67.9 Å². The van der Waals surface area contributed by atoms with Crippen LogP contribution in [0, 0.1) is 0 Å². The van der Waals surface area contributed by atoms with E-state index in [0.717, 1.165) is 35.8 Å². The lowest BCUT2D eigenvalue weighted by molar-refractivity contribution is -0.137. The lowest BCUT2D eigenvalue weighted by atomic mass is 10.1. The van der Waals surface area contributed by atoms with E-state index in [4.69, 9.17) is 9.84 Å². The number of hydrogen-bond acceptors (Lipinski definition) is 3. The van der Waals surface area contributed by atoms with Gasteiger partial charge in [-0.25, -0.2) is 4.79 Å². The topological polar surface area (TPSA) is 49.8 Å². The Hall–Kier alpha value is -2.35. The average molecular weight is 498 g/mol. The normalized spacial score (nSPS) is 15.7. The summed E-state index contributed by atoms with van der Waals surface area (Å²) in [6.45, 7) is 6.41. The molecule has 8 heteroatoms. The summed E-state index contributed by atoms with van der Waals surface area (Å²) in [7, 11) is -1.07. The summed E-state index contributed by atoms with van der Waals surface area (Å²) in [5, 5.41) is 9.07. The molecule has 1 aliphatic heterocycles. The van der Waals surface area contributed by atoms with Gasteiger partial charge in [0, 0.05) is 17.5 Å². The molecule has 0 bridgehead atoms. The van der Waals surface area contributed by atoms with Crippen LogP contribution in [0.3, 0.4) is 0 Å². The molecule has 2 aromatic rings. The van der Waals surface area contributed by atoms with Gasteiger partial charge < -0.3 is 14.1 Å². The number of unbranched alkanes of at least 4 members (excludes halogenated alkanes) is 3. The SMILES string of the molecule is CCCCCCS1(N(c2ccc(C(F)(F)F)cc2OCc2ccc(C(=O)O)cc2)C(C)C)CC1. The fourth-order valence-electron chi connectivity index (χ4n) is 4.22. The number of carboxylic acid groups (broad SMARTS) is 1. The zero-order valence-corrected chi connectivity index (χ0v) is 20.8. The van der Waals surface area contributed by atoms with Crippen LogP contribution in [0.15, 0.2) is 42.5 Å². The van der Waals surface area contributed by atoms with E-state index in [1.54, 1.807) is 18.2 Å². The number of carbonyl (C=O) groups is 1. The first-order valence-corrected chi connectivity index (χ1v) is 13.9. The van der Waals surface area contributed by atoms with Crippen LogP contribution in [0.2, 0.25) is 0 Å². The Bertz CT molecular complexity index is 972. The van der Waals surface area contributed by atoms with Crippen LogP contribution in [0.4, 0.5) is 18.9 Å². The Kier molecular flexibility index (Phi) is 8.44. The number of halogens is 3. The Balaban J connectivity index is 1.89. The monoisotopic (exact) mass is 497 g/mol. The molecule has 0 saturated carbocycles. The van der Waals surface area contributed by atoms with Crippen LogP contribution in [0.5, 0.6) is 5.75 Å². The molecule has 3 rings (SSSR count). The third-order valence-electron chi connectivity index (χ3n) is 6.06. The second-order valence-electron chi connectivity index (χ2n) is 9.06. The molecule has 0 spiro atoms. The summed E-state index contributed by atoms with van der Waals surface area (Å²) >= 11 is 0. The van der Waals surface area contributed by atoms with Gasteiger partial charge in [-0.15, -0.1) is 0 Å². The maximum absolute atomic E-state index is 13.5. The maximum Gasteiger partial charge on any atom is 0.416 e. The standard InChI is InChI=1S/C26H34F3NO3S/c1-4-5-6-7-14-34(15-16-34)30(19(2)3)23-13-12-22(26(27,28)29)17-24(23)33-18-20-8-10-21(11-9-20)25(31)32/h8-13,17,19H,4-7,14-16,18H2,1-3H3,(H,31,32). The van der Waals surface area contributed by atoms with Gasteiger partial charge >= 0.3 is 12.1 Å². The van der Waals surface area contributed by atoms with E-state index in [0.29, 0.717) is 11.3 Å². The van der Waals surface area contributed by atoms with Crippen molar-refractivity contribution in [2.24, 2.45) is 0 Å². The van der Waals surface area contributed by atoms with Gasteiger partial charge in [-0.3, -0.25) is 0 Å². The van der Waals surface area contributed by atoms with Crippen molar-refractivity contribution in [1.29, 1.82) is 0 Å². The Morgan fingerprint density at radius 1 is 1.09 bits per heavy atom. The molecule has 188 valence electrons. The van der Waals surface area contributed by atoms with Gasteiger partial charge in [0.05, 0.1) is 16.8 Å². The molecule has 0 unspecified atom stereocenters. The minimum absolute atomic E-state index is 0.0545. The van der Waals surface area contributed by atoms with Crippen molar-refractivity contribution in [3.05, 3.63) is 59.2 Å². The molecule has 1 heterocycles. The van der Waals surface area contributed by atoms with E-state index >= 15 is 0 Å².